The quantitative estimate of drug-likeness (QED) is 0.146. The summed E-state index contributed by atoms with van der Waals surface area (Å²) >= 11 is 0. The predicted octanol–water partition coefficient (Wildman–Crippen LogP) is 2.02. The Kier molecular flexibility index (Phi) is 13.4. The summed E-state index contributed by atoms with van der Waals surface area (Å²) in [5.41, 5.74) is 11.4. The zero-order valence-electron chi connectivity index (χ0n) is 28.7. The number of ketones is 1. The molecule has 4 amide bonds. The molecule has 0 aliphatic heterocycles. The maximum atomic E-state index is 13.5. The smallest absolute Gasteiger partial charge is 0.248 e. The molecule has 2 rings (SSSR count). The van der Waals surface area contributed by atoms with Gasteiger partial charge in [0.25, 0.3) is 0 Å². The molecule has 0 unspecified atom stereocenters. The van der Waals surface area contributed by atoms with E-state index in [-0.39, 0.29) is 42.4 Å². The van der Waals surface area contributed by atoms with Crippen molar-refractivity contribution < 1.29 is 24.0 Å². The van der Waals surface area contributed by atoms with Gasteiger partial charge >= 0.3 is 0 Å². The van der Waals surface area contributed by atoms with Crippen LogP contribution in [-0.2, 0) is 36.8 Å². The molecule has 252 valence electrons. The largest absolute Gasteiger partial charge is 0.368 e. The molecule has 0 saturated heterocycles. The second-order valence-corrected chi connectivity index (χ2v) is 19.5. The van der Waals surface area contributed by atoms with Crippen LogP contribution in [0, 0.1) is 5.92 Å². The van der Waals surface area contributed by atoms with Gasteiger partial charge in [0.05, 0.1) is 15.3 Å². The Morgan fingerprint density at radius 1 is 0.804 bits per heavy atom. The van der Waals surface area contributed by atoms with E-state index in [1.54, 1.807) is 13.8 Å². The van der Waals surface area contributed by atoms with E-state index in [0.29, 0.717) is 0 Å². The molecule has 10 nitrogen and oxygen atoms in total. The standard InChI is InChI=1S/C35H53N5O5Si/c1-23(2)35(37,28(41)21-25-14-16-26(17-15-25)46(33(3,4)5)34(6,7)8)32(45)38-19-18-30(43)40-27(31(44)39-22-29(36)42)20-24-12-10-9-11-13-24/h9-17,23,27,46H,18-22,37H2,1-8H3,(H2,36,42)(H,38,45)(H,39,44)(H,40,43)/t27-,35+/m0/s1. The third kappa shape index (κ3) is 10.9. The molecular weight excluding hydrogens is 599 g/mol. The van der Waals surface area contributed by atoms with Crippen molar-refractivity contribution in [3.63, 3.8) is 0 Å². The zero-order valence-corrected chi connectivity index (χ0v) is 29.8. The van der Waals surface area contributed by atoms with Crippen molar-refractivity contribution in [1.82, 2.24) is 16.0 Å². The number of nitrogens with one attached hydrogen (secondary N) is 3. The number of primary amides is 1. The number of carbonyl (C=O) groups is 5. The van der Waals surface area contributed by atoms with Gasteiger partial charge in [-0.2, -0.15) is 0 Å². The highest BCUT2D eigenvalue weighted by molar-refractivity contribution is 6.78. The molecule has 0 aromatic heterocycles. The third-order valence-electron chi connectivity index (χ3n) is 8.17. The van der Waals surface area contributed by atoms with Crippen LogP contribution in [-0.4, -0.2) is 62.9 Å². The van der Waals surface area contributed by atoms with E-state index in [0.717, 1.165) is 11.1 Å². The lowest BCUT2D eigenvalue weighted by Gasteiger charge is -2.40. The van der Waals surface area contributed by atoms with E-state index in [4.69, 9.17) is 11.5 Å². The molecule has 0 aliphatic carbocycles. The first-order chi connectivity index (χ1) is 21.3. The van der Waals surface area contributed by atoms with E-state index in [9.17, 15) is 24.0 Å². The third-order valence-corrected chi connectivity index (χ3v) is 12.7. The lowest BCUT2D eigenvalue weighted by Crippen LogP contribution is -2.63. The summed E-state index contributed by atoms with van der Waals surface area (Å²) in [6.07, 6.45) is 0.0335. The fraction of sp³-hybridized carbons (Fsp3) is 0.514. The fourth-order valence-electron chi connectivity index (χ4n) is 6.23. The van der Waals surface area contributed by atoms with Crippen molar-refractivity contribution in [2.24, 2.45) is 17.4 Å². The van der Waals surface area contributed by atoms with Crippen LogP contribution in [0.15, 0.2) is 54.6 Å². The van der Waals surface area contributed by atoms with Crippen LogP contribution in [0.5, 0.6) is 0 Å². The second-order valence-electron chi connectivity index (χ2n) is 14.5. The molecule has 7 N–H and O–H groups in total. The number of benzene rings is 2. The highest BCUT2D eigenvalue weighted by atomic mass is 28.3. The van der Waals surface area contributed by atoms with E-state index in [1.807, 2.05) is 42.5 Å². The molecule has 0 heterocycles. The van der Waals surface area contributed by atoms with Crippen LogP contribution >= 0.6 is 0 Å². The number of hydrogen-bond acceptors (Lipinski definition) is 6. The normalized spacial score (nSPS) is 13.9. The summed E-state index contributed by atoms with van der Waals surface area (Å²) in [5.74, 6) is -3.35. The SMILES string of the molecule is CC(C)[C@@](N)(C(=O)Cc1ccc([SiH](C(C)(C)C)C(C)(C)C)cc1)C(=O)NCCC(=O)N[C@@H](Cc1ccccc1)C(=O)NCC(N)=O. The Labute approximate surface area is 275 Å². The molecule has 46 heavy (non-hydrogen) atoms. The summed E-state index contributed by atoms with van der Waals surface area (Å²) < 4.78 is 0. The van der Waals surface area contributed by atoms with Gasteiger partial charge in [0.2, 0.25) is 23.6 Å². The molecule has 0 radical (unpaired) electrons. The first kappa shape index (κ1) is 38.4. The van der Waals surface area contributed by atoms with Gasteiger partial charge in [-0.1, -0.05) is 115 Å². The van der Waals surface area contributed by atoms with Crippen LogP contribution in [0.1, 0.15) is 72.9 Å². The second kappa shape index (κ2) is 16.1. The van der Waals surface area contributed by atoms with Gasteiger partial charge in [0.15, 0.2) is 11.3 Å². The summed E-state index contributed by atoms with van der Waals surface area (Å²) in [7, 11) is -1.40. The Hall–Kier alpha value is -3.83. The van der Waals surface area contributed by atoms with E-state index in [1.165, 1.54) is 5.19 Å². The van der Waals surface area contributed by atoms with Gasteiger partial charge in [-0.05, 0) is 27.1 Å². The Morgan fingerprint density at radius 3 is 1.87 bits per heavy atom. The minimum absolute atomic E-state index is 0.00169. The highest BCUT2D eigenvalue weighted by Crippen LogP contribution is 2.41. The minimum atomic E-state index is -1.80. The number of carbonyl (C=O) groups excluding carboxylic acids is 5. The number of hydrogen-bond donors (Lipinski definition) is 5. The first-order valence-corrected chi connectivity index (χ1v) is 17.6. The molecule has 0 spiro atoms. The molecule has 0 aliphatic rings. The van der Waals surface area contributed by atoms with Crippen LogP contribution in [0.4, 0.5) is 0 Å². The van der Waals surface area contributed by atoms with Crippen LogP contribution < -0.4 is 32.6 Å². The van der Waals surface area contributed by atoms with E-state index < -0.39 is 55.7 Å². The number of nitrogens with two attached hydrogens (primary N) is 2. The number of rotatable bonds is 15. The van der Waals surface area contributed by atoms with Crippen molar-refractivity contribution >= 4 is 43.4 Å². The Morgan fingerprint density at radius 2 is 1.37 bits per heavy atom. The monoisotopic (exact) mass is 651 g/mol. The highest BCUT2D eigenvalue weighted by Gasteiger charge is 2.44. The first-order valence-electron chi connectivity index (χ1n) is 15.8. The Balaban J connectivity index is 2.06. The molecule has 2 aromatic rings. The van der Waals surface area contributed by atoms with Crippen molar-refractivity contribution in [3.05, 3.63) is 65.7 Å². The van der Waals surface area contributed by atoms with Gasteiger partial charge < -0.3 is 27.4 Å². The zero-order chi connectivity index (χ0) is 34.9. The van der Waals surface area contributed by atoms with Crippen molar-refractivity contribution in [3.8, 4) is 0 Å². The van der Waals surface area contributed by atoms with Gasteiger partial charge in [0.1, 0.15) is 6.04 Å². The summed E-state index contributed by atoms with van der Waals surface area (Å²) in [6.45, 7) is 16.7. The molecule has 2 atom stereocenters. The molecule has 11 heteroatoms. The number of amides is 4. The molecule has 0 saturated carbocycles. The van der Waals surface area contributed by atoms with E-state index in [2.05, 4.69) is 69.6 Å². The van der Waals surface area contributed by atoms with Crippen LogP contribution in [0.25, 0.3) is 0 Å². The van der Waals surface area contributed by atoms with Crippen LogP contribution in [0.2, 0.25) is 10.1 Å². The summed E-state index contributed by atoms with van der Waals surface area (Å²) in [4.78, 5) is 63.5. The fourth-order valence-corrected chi connectivity index (χ4v) is 11.4. The molecule has 2 aromatic carbocycles. The predicted molar refractivity (Wildman–Crippen MR) is 185 cm³/mol. The molecular formula is C35H53N5O5Si. The average molecular weight is 652 g/mol. The lowest BCUT2D eigenvalue weighted by atomic mass is 9.80. The van der Waals surface area contributed by atoms with Gasteiger partial charge in [-0.15, -0.1) is 0 Å². The Bertz CT molecular complexity index is 1350. The average Bonchev–Trinajstić information content (AvgIpc) is 2.94. The maximum Gasteiger partial charge on any atom is 0.248 e. The van der Waals surface area contributed by atoms with Crippen LogP contribution in [0.3, 0.4) is 0 Å². The molecule has 0 bridgehead atoms. The number of Topliss-reactive ketones (excluding diaryl/α,β-unsaturated/α-hetero) is 1. The minimum Gasteiger partial charge on any atom is -0.368 e. The van der Waals surface area contributed by atoms with Crippen molar-refractivity contribution in [2.75, 3.05) is 13.1 Å². The topological polar surface area (TPSA) is 173 Å². The van der Waals surface area contributed by atoms with Gasteiger partial charge in [0, 0.05) is 25.8 Å². The molecule has 0 fully saturated rings. The van der Waals surface area contributed by atoms with Crippen molar-refractivity contribution in [2.45, 2.75) is 96.3 Å². The van der Waals surface area contributed by atoms with Crippen molar-refractivity contribution in [1.29, 1.82) is 0 Å². The van der Waals surface area contributed by atoms with E-state index >= 15 is 0 Å². The summed E-state index contributed by atoms with van der Waals surface area (Å²) in [6, 6.07) is 16.3. The maximum absolute atomic E-state index is 13.5. The van der Waals surface area contributed by atoms with Gasteiger partial charge in [-0.3, -0.25) is 24.0 Å². The van der Waals surface area contributed by atoms with Gasteiger partial charge in [-0.25, -0.2) is 0 Å². The lowest BCUT2D eigenvalue weighted by molar-refractivity contribution is -0.137. The summed E-state index contributed by atoms with van der Waals surface area (Å²) in [5, 5.41) is 9.40.